The van der Waals surface area contributed by atoms with Crippen molar-refractivity contribution in [1.29, 1.82) is 0 Å². The van der Waals surface area contributed by atoms with E-state index < -0.39 is 63.4 Å². The van der Waals surface area contributed by atoms with Crippen LogP contribution in [-0.2, 0) is 23.4 Å². The van der Waals surface area contributed by atoms with Crippen molar-refractivity contribution in [2.75, 3.05) is 11.9 Å². The average Bonchev–Trinajstić information content (AvgIpc) is 3.21. The van der Waals surface area contributed by atoms with E-state index >= 15 is 0 Å². The van der Waals surface area contributed by atoms with E-state index in [1.165, 1.54) is 4.57 Å². The number of aromatic nitrogens is 4. The monoisotopic (exact) mass is 463 g/mol. The molecule has 0 amide bonds. The predicted octanol–water partition coefficient (Wildman–Crippen LogP) is -2.11. The fourth-order valence-corrected chi connectivity index (χ4v) is 3.29. The second-order valence-corrected chi connectivity index (χ2v) is 7.75. The highest BCUT2D eigenvalue weighted by molar-refractivity contribution is 7.46. The van der Waals surface area contributed by atoms with E-state index in [4.69, 9.17) is 19.6 Å². The molecule has 0 saturated carbocycles. The van der Waals surface area contributed by atoms with Crippen molar-refractivity contribution in [3.05, 3.63) is 12.7 Å². The van der Waals surface area contributed by atoms with Gasteiger partial charge in [0.15, 0.2) is 23.2 Å². The number of nitrogens with zero attached hydrogens (tertiary/aromatic N) is 4. The number of anilines is 1. The van der Waals surface area contributed by atoms with Crippen LogP contribution in [0.3, 0.4) is 0 Å². The molecule has 2 aromatic heterocycles. The molecule has 1 fully saturated rings. The average molecular weight is 463 g/mol. The summed E-state index contributed by atoms with van der Waals surface area (Å²) in [6, 6.07) is -1.51. The third kappa shape index (κ3) is 5.13. The Balaban J connectivity index is 1.86. The Hall–Kier alpha value is -2.72. The third-order valence-corrected chi connectivity index (χ3v) is 4.85. The van der Waals surface area contributed by atoms with Crippen molar-refractivity contribution in [2.24, 2.45) is 0 Å². The van der Waals surface area contributed by atoms with E-state index in [0.717, 1.165) is 12.7 Å². The molecule has 3 rings (SSSR count). The van der Waals surface area contributed by atoms with Gasteiger partial charge in [0, 0.05) is 0 Å². The molecule has 1 unspecified atom stereocenters. The first-order chi connectivity index (χ1) is 14.5. The maximum atomic E-state index is 11.3. The Labute approximate surface area is 172 Å². The number of hydrogen-bond acceptors (Lipinski definition) is 11. The van der Waals surface area contributed by atoms with Gasteiger partial charge in [0.05, 0.1) is 19.4 Å². The van der Waals surface area contributed by atoms with Gasteiger partial charge in [-0.3, -0.25) is 13.9 Å². The molecule has 31 heavy (non-hydrogen) atoms. The van der Waals surface area contributed by atoms with Gasteiger partial charge in [0.2, 0.25) is 0 Å². The molecule has 7 N–H and O–H groups in total. The lowest BCUT2D eigenvalue weighted by Crippen LogP contribution is -2.33. The molecule has 1 aliphatic heterocycles. The number of ether oxygens (including phenoxy) is 1. The van der Waals surface area contributed by atoms with Crippen molar-refractivity contribution in [2.45, 2.75) is 37.0 Å². The molecule has 1 saturated heterocycles. The summed E-state index contributed by atoms with van der Waals surface area (Å²) in [4.78, 5) is 51.6. The number of carbonyl (C=O) groups is 2. The lowest BCUT2D eigenvalue weighted by Gasteiger charge is -2.17. The van der Waals surface area contributed by atoms with Gasteiger partial charge >= 0.3 is 19.8 Å². The van der Waals surface area contributed by atoms with Crippen molar-refractivity contribution in [3.63, 3.8) is 0 Å². The van der Waals surface area contributed by atoms with Gasteiger partial charge in [-0.05, 0) is 0 Å². The maximum Gasteiger partial charge on any atom is 0.469 e. The van der Waals surface area contributed by atoms with E-state index in [-0.39, 0.29) is 17.0 Å². The summed E-state index contributed by atoms with van der Waals surface area (Å²) < 4.78 is 21.8. The highest BCUT2D eigenvalue weighted by Gasteiger charge is 2.45. The highest BCUT2D eigenvalue weighted by Crippen LogP contribution is 2.39. The van der Waals surface area contributed by atoms with Gasteiger partial charge in [-0.15, -0.1) is 0 Å². The summed E-state index contributed by atoms with van der Waals surface area (Å²) in [6.45, 7) is -0.705. The van der Waals surface area contributed by atoms with Gasteiger partial charge in [-0.25, -0.2) is 24.3 Å². The summed E-state index contributed by atoms with van der Waals surface area (Å²) >= 11 is 0. The molecular formula is C14H18N5O11P. The van der Waals surface area contributed by atoms with Crippen molar-refractivity contribution in [1.82, 2.24) is 19.5 Å². The van der Waals surface area contributed by atoms with Crippen LogP contribution in [0.1, 0.15) is 12.6 Å². The minimum absolute atomic E-state index is 0.0272. The quantitative estimate of drug-likeness (QED) is 0.197. The van der Waals surface area contributed by atoms with E-state index in [1.54, 1.807) is 0 Å². The Bertz CT molecular complexity index is 1030. The summed E-state index contributed by atoms with van der Waals surface area (Å²) in [5, 5.41) is 40.9. The van der Waals surface area contributed by atoms with Crippen LogP contribution in [-0.4, -0.2) is 92.6 Å². The topological polar surface area (TPSA) is 247 Å². The Morgan fingerprint density at radius 1 is 1.23 bits per heavy atom. The molecule has 2 aromatic rings. The van der Waals surface area contributed by atoms with E-state index in [2.05, 4.69) is 24.8 Å². The maximum absolute atomic E-state index is 11.3. The lowest BCUT2D eigenvalue weighted by molar-refractivity contribution is -0.144. The number of nitrogens with one attached hydrogen (secondary N) is 1. The van der Waals surface area contributed by atoms with Gasteiger partial charge in [0.1, 0.15) is 30.7 Å². The van der Waals surface area contributed by atoms with Gasteiger partial charge in [-0.2, -0.15) is 0 Å². The molecule has 0 spiro atoms. The fourth-order valence-electron chi connectivity index (χ4n) is 2.95. The number of hydrogen-bond donors (Lipinski definition) is 7. The molecule has 0 bridgehead atoms. The van der Waals surface area contributed by atoms with Crippen molar-refractivity contribution in [3.8, 4) is 0 Å². The highest BCUT2D eigenvalue weighted by atomic mass is 31.2. The zero-order valence-corrected chi connectivity index (χ0v) is 16.3. The molecule has 1 aliphatic rings. The number of phosphoric ester groups is 1. The molecule has 3 heterocycles. The molecule has 0 radical (unpaired) electrons. The molecule has 5 atom stereocenters. The molecule has 0 aromatic carbocycles. The number of phosphoric acid groups is 1. The number of fused-ring (bicyclic) bond motifs is 1. The zero-order chi connectivity index (χ0) is 22.9. The molecule has 0 aliphatic carbocycles. The minimum Gasteiger partial charge on any atom is -0.481 e. The standard InChI is InChI=1S/C14H18N5O11P/c20-7(21)1-5(14(24)25)18-11-8-12(16-3-15-11)19(4-17-8)13-10(23)9(22)6(30-13)2-29-31(26,27)28/h3-6,9-10,13,22-23H,1-2H2,(H,20,21)(H,24,25)(H,15,16,18)(H2,26,27,28)/t5-,6?,9+,10+,13+/m1/s1. The van der Waals surface area contributed by atoms with Crippen LogP contribution in [0.5, 0.6) is 0 Å². The minimum atomic E-state index is -4.83. The van der Waals surface area contributed by atoms with Crippen LogP contribution < -0.4 is 5.32 Å². The van der Waals surface area contributed by atoms with Crippen molar-refractivity contribution >= 4 is 36.7 Å². The van der Waals surface area contributed by atoms with Gasteiger partial charge in [0.25, 0.3) is 0 Å². The van der Waals surface area contributed by atoms with Gasteiger partial charge < -0.3 is 40.3 Å². The number of carboxylic acids is 2. The number of aliphatic hydroxyl groups is 2. The van der Waals surface area contributed by atoms with Crippen LogP contribution in [0.4, 0.5) is 5.82 Å². The summed E-state index contributed by atoms with van der Waals surface area (Å²) in [6.07, 6.45) is -4.20. The smallest absolute Gasteiger partial charge is 0.469 e. The molecular weight excluding hydrogens is 445 g/mol. The first-order valence-electron chi connectivity index (χ1n) is 8.58. The normalized spacial score (nSPS) is 24.9. The van der Waals surface area contributed by atoms with E-state index in [1.807, 2.05) is 0 Å². The number of imidazole rings is 1. The molecule has 17 heteroatoms. The summed E-state index contributed by atoms with van der Waals surface area (Å²) in [7, 11) is -4.83. The van der Waals surface area contributed by atoms with Crippen LogP contribution in [0.25, 0.3) is 11.2 Å². The van der Waals surface area contributed by atoms with Crippen LogP contribution in [0.2, 0.25) is 0 Å². The summed E-state index contributed by atoms with van der Waals surface area (Å²) in [5.74, 6) is -2.87. The van der Waals surface area contributed by atoms with Crippen LogP contribution in [0, 0.1) is 0 Å². The van der Waals surface area contributed by atoms with Crippen LogP contribution >= 0.6 is 7.82 Å². The van der Waals surface area contributed by atoms with Crippen molar-refractivity contribution < 1.29 is 53.6 Å². The van der Waals surface area contributed by atoms with Crippen LogP contribution in [0.15, 0.2) is 12.7 Å². The third-order valence-electron chi connectivity index (χ3n) is 4.36. The second kappa shape index (κ2) is 8.80. The predicted molar refractivity (Wildman–Crippen MR) is 96.5 cm³/mol. The summed E-state index contributed by atoms with van der Waals surface area (Å²) in [5.41, 5.74) is 0.0733. The first kappa shape index (κ1) is 23.0. The number of aliphatic carboxylic acids is 2. The fraction of sp³-hybridized carbons (Fsp3) is 0.500. The van der Waals surface area contributed by atoms with E-state index in [0.29, 0.717) is 0 Å². The number of aliphatic hydroxyl groups excluding tert-OH is 2. The Morgan fingerprint density at radius 3 is 2.55 bits per heavy atom. The largest absolute Gasteiger partial charge is 0.481 e. The first-order valence-corrected chi connectivity index (χ1v) is 10.1. The zero-order valence-electron chi connectivity index (χ0n) is 15.4. The SMILES string of the molecule is O=C(O)C[C@@H](Nc1ncnc2c1ncn2[C@H]1OC(COP(=O)(O)O)[C@H](O)[C@@H]1O)C(=O)O. The number of rotatable bonds is 9. The van der Waals surface area contributed by atoms with E-state index in [9.17, 15) is 29.5 Å². The Morgan fingerprint density at radius 2 is 1.94 bits per heavy atom. The Kier molecular flexibility index (Phi) is 6.51. The molecule has 16 nitrogen and oxygen atoms in total. The second-order valence-electron chi connectivity index (χ2n) is 6.51. The molecule has 170 valence electrons. The van der Waals surface area contributed by atoms with Gasteiger partial charge in [-0.1, -0.05) is 0 Å². The number of carboxylic acid groups (broad SMARTS) is 2. The lowest BCUT2D eigenvalue weighted by atomic mass is 10.1.